The number of aliphatic imine (C=N–C) groups is 2. The lowest BCUT2D eigenvalue weighted by Crippen LogP contribution is -2.21. The fourth-order valence-corrected chi connectivity index (χ4v) is 1.00. The van der Waals surface area contributed by atoms with Gasteiger partial charge in [-0.2, -0.15) is 0 Å². The molecule has 0 amide bonds. The van der Waals surface area contributed by atoms with Crippen molar-refractivity contribution in [3.8, 4) is 0 Å². The Bertz CT molecular complexity index is 185. The Morgan fingerprint density at radius 1 is 0.867 bits per heavy atom. The Kier molecular flexibility index (Phi) is 9.38. The first-order chi connectivity index (χ1) is 7.20. The highest BCUT2D eigenvalue weighted by Gasteiger charge is 1.88. The summed E-state index contributed by atoms with van der Waals surface area (Å²) in [5.41, 5.74) is 2.47. The minimum absolute atomic E-state index is 0.885. The average molecular weight is 211 g/mol. The molecular weight excluding hydrogens is 186 g/mol. The third-order valence-electron chi connectivity index (χ3n) is 2.36. The predicted octanol–water partition coefficient (Wildman–Crippen LogP) is 2.32. The molecule has 0 aliphatic heterocycles. The van der Waals surface area contributed by atoms with E-state index in [0.29, 0.717) is 0 Å². The van der Waals surface area contributed by atoms with E-state index in [0.717, 1.165) is 39.0 Å². The molecule has 0 unspecified atom stereocenters. The molecule has 0 fully saturated rings. The maximum absolute atomic E-state index is 4.41. The molecule has 0 radical (unpaired) electrons. The Morgan fingerprint density at radius 2 is 1.27 bits per heavy atom. The monoisotopic (exact) mass is 211 g/mol. The maximum Gasteiger partial charge on any atom is 0.0513 e. The van der Waals surface area contributed by atoms with Gasteiger partial charge in [0.15, 0.2) is 0 Å². The zero-order valence-electron chi connectivity index (χ0n) is 10.6. The van der Waals surface area contributed by atoms with Gasteiger partial charge in [-0.15, -0.1) is 0 Å². The second-order valence-electron chi connectivity index (χ2n) is 3.69. The van der Waals surface area contributed by atoms with Crippen LogP contribution in [0.5, 0.6) is 0 Å². The van der Waals surface area contributed by atoms with Crippen molar-refractivity contribution < 1.29 is 0 Å². The van der Waals surface area contributed by atoms with E-state index in [-0.39, 0.29) is 0 Å². The topological polar surface area (TPSA) is 36.8 Å². The average Bonchev–Trinajstić information content (AvgIpc) is 2.26. The quantitative estimate of drug-likeness (QED) is 0.485. The second kappa shape index (κ2) is 9.84. The van der Waals surface area contributed by atoms with Crippen LogP contribution in [0.4, 0.5) is 0 Å². The Hall–Kier alpha value is -0.700. The van der Waals surface area contributed by atoms with E-state index in [9.17, 15) is 0 Å². The molecule has 15 heavy (non-hydrogen) atoms. The summed E-state index contributed by atoms with van der Waals surface area (Å²) in [5, 5.41) is 3.33. The number of hydrogen-bond donors (Lipinski definition) is 1. The van der Waals surface area contributed by atoms with Crippen LogP contribution in [0.15, 0.2) is 9.98 Å². The van der Waals surface area contributed by atoms with Crippen molar-refractivity contribution in [3.05, 3.63) is 0 Å². The highest BCUT2D eigenvalue weighted by Crippen LogP contribution is 1.84. The second-order valence-corrected chi connectivity index (χ2v) is 3.69. The van der Waals surface area contributed by atoms with Gasteiger partial charge in [-0.1, -0.05) is 13.8 Å². The van der Waals surface area contributed by atoms with Crippen LogP contribution in [0.2, 0.25) is 0 Å². The van der Waals surface area contributed by atoms with Crippen molar-refractivity contribution in [2.45, 2.75) is 40.5 Å². The highest BCUT2D eigenvalue weighted by atomic mass is 14.9. The SMILES string of the molecule is CC/C(C)=N\CCNCC/N=C(/C)CC. The summed E-state index contributed by atoms with van der Waals surface area (Å²) in [6.07, 6.45) is 2.11. The molecule has 3 heteroatoms. The molecule has 0 saturated heterocycles. The number of hydrogen-bond acceptors (Lipinski definition) is 3. The van der Waals surface area contributed by atoms with Gasteiger partial charge < -0.3 is 5.32 Å². The summed E-state index contributed by atoms with van der Waals surface area (Å²) in [4.78, 5) is 8.82. The van der Waals surface area contributed by atoms with Crippen LogP contribution in [0.1, 0.15) is 40.5 Å². The summed E-state index contributed by atoms with van der Waals surface area (Å²) in [5.74, 6) is 0. The molecule has 1 N–H and O–H groups in total. The van der Waals surface area contributed by atoms with Gasteiger partial charge in [-0.05, 0) is 26.7 Å². The number of nitrogens with one attached hydrogen (secondary N) is 1. The molecule has 3 nitrogen and oxygen atoms in total. The summed E-state index contributed by atoms with van der Waals surface area (Å²) in [6, 6.07) is 0. The smallest absolute Gasteiger partial charge is 0.0513 e. The molecule has 88 valence electrons. The van der Waals surface area contributed by atoms with Gasteiger partial charge in [-0.3, -0.25) is 9.98 Å². The van der Waals surface area contributed by atoms with Crippen LogP contribution in [0.25, 0.3) is 0 Å². The highest BCUT2D eigenvalue weighted by molar-refractivity contribution is 5.81. The van der Waals surface area contributed by atoms with E-state index < -0.39 is 0 Å². The fraction of sp³-hybridized carbons (Fsp3) is 0.833. The van der Waals surface area contributed by atoms with Crippen molar-refractivity contribution in [1.29, 1.82) is 0 Å². The van der Waals surface area contributed by atoms with Crippen molar-refractivity contribution in [3.63, 3.8) is 0 Å². The van der Waals surface area contributed by atoms with E-state index in [4.69, 9.17) is 0 Å². The van der Waals surface area contributed by atoms with Crippen LogP contribution < -0.4 is 5.32 Å². The Morgan fingerprint density at radius 3 is 1.60 bits per heavy atom. The Balaban J connectivity index is 3.33. The minimum atomic E-state index is 0.885. The van der Waals surface area contributed by atoms with E-state index in [1.165, 1.54) is 11.4 Å². The molecule has 0 aromatic rings. The molecule has 0 aromatic heterocycles. The molecule has 0 aliphatic carbocycles. The third kappa shape index (κ3) is 9.60. The van der Waals surface area contributed by atoms with Gasteiger partial charge in [0.25, 0.3) is 0 Å². The molecule has 0 rings (SSSR count). The lowest BCUT2D eigenvalue weighted by atomic mass is 10.3. The van der Waals surface area contributed by atoms with Gasteiger partial charge in [-0.25, -0.2) is 0 Å². The van der Waals surface area contributed by atoms with Crippen molar-refractivity contribution in [2.24, 2.45) is 9.98 Å². The fourth-order valence-electron chi connectivity index (χ4n) is 1.00. The first-order valence-corrected chi connectivity index (χ1v) is 5.91. The van der Waals surface area contributed by atoms with E-state index in [1.54, 1.807) is 0 Å². The third-order valence-corrected chi connectivity index (χ3v) is 2.36. The lowest BCUT2D eigenvalue weighted by molar-refractivity contribution is 0.696. The standard InChI is InChI=1S/C12H25N3/c1-5-11(3)14-9-7-13-8-10-15-12(4)6-2/h13H,5-10H2,1-4H3/b14-11-,15-12-. The van der Waals surface area contributed by atoms with Gasteiger partial charge in [0, 0.05) is 24.5 Å². The minimum Gasteiger partial charge on any atom is -0.313 e. The zero-order valence-corrected chi connectivity index (χ0v) is 10.6. The van der Waals surface area contributed by atoms with Crippen LogP contribution in [-0.2, 0) is 0 Å². The summed E-state index contributed by atoms with van der Waals surface area (Å²) in [7, 11) is 0. The van der Waals surface area contributed by atoms with Crippen LogP contribution in [-0.4, -0.2) is 37.6 Å². The number of rotatable bonds is 8. The van der Waals surface area contributed by atoms with Crippen LogP contribution in [0.3, 0.4) is 0 Å². The molecule has 0 heterocycles. The molecule has 0 spiro atoms. The van der Waals surface area contributed by atoms with Gasteiger partial charge in [0.1, 0.15) is 0 Å². The zero-order chi connectivity index (χ0) is 11.5. The van der Waals surface area contributed by atoms with Crippen molar-refractivity contribution in [2.75, 3.05) is 26.2 Å². The summed E-state index contributed by atoms with van der Waals surface area (Å²) >= 11 is 0. The normalized spacial score (nSPS) is 13.3. The maximum atomic E-state index is 4.41. The summed E-state index contributed by atoms with van der Waals surface area (Å²) < 4.78 is 0. The first kappa shape index (κ1) is 14.3. The largest absolute Gasteiger partial charge is 0.313 e. The lowest BCUT2D eigenvalue weighted by Gasteiger charge is -2.01. The molecule has 0 bridgehead atoms. The Labute approximate surface area is 94.1 Å². The van der Waals surface area contributed by atoms with Crippen LogP contribution in [0, 0.1) is 0 Å². The van der Waals surface area contributed by atoms with E-state index in [1.807, 2.05) is 0 Å². The van der Waals surface area contributed by atoms with Crippen LogP contribution >= 0.6 is 0 Å². The summed E-state index contributed by atoms with van der Waals surface area (Å²) in [6.45, 7) is 12.1. The molecule has 0 aliphatic rings. The van der Waals surface area contributed by atoms with Gasteiger partial charge in [0.05, 0.1) is 13.1 Å². The van der Waals surface area contributed by atoms with Crippen molar-refractivity contribution in [1.82, 2.24) is 5.32 Å². The molecular formula is C12H25N3. The predicted molar refractivity (Wildman–Crippen MR) is 69.4 cm³/mol. The van der Waals surface area contributed by atoms with E-state index in [2.05, 4.69) is 43.0 Å². The molecule has 0 atom stereocenters. The number of nitrogens with zero attached hydrogens (tertiary/aromatic N) is 2. The molecule has 0 aromatic carbocycles. The van der Waals surface area contributed by atoms with Crippen molar-refractivity contribution >= 4 is 11.4 Å². The molecule has 0 saturated carbocycles. The van der Waals surface area contributed by atoms with E-state index >= 15 is 0 Å². The van der Waals surface area contributed by atoms with Gasteiger partial charge in [0.2, 0.25) is 0 Å². The van der Waals surface area contributed by atoms with Gasteiger partial charge >= 0.3 is 0 Å². The first-order valence-electron chi connectivity index (χ1n) is 5.91.